The van der Waals surface area contributed by atoms with Crippen molar-refractivity contribution in [3.63, 3.8) is 0 Å². The van der Waals surface area contributed by atoms with Crippen molar-refractivity contribution in [2.45, 2.75) is 17.6 Å². The second kappa shape index (κ2) is 9.51. The van der Waals surface area contributed by atoms with E-state index in [1.165, 1.54) is 43.5 Å². The van der Waals surface area contributed by atoms with Gasteiger partial charge in [-0.1, -0.05) is 24.3 Å². The van der Waals surface area contributed by atoms with Gasteiger partial charge in [-0.3, -0.25) is 0 Å². The summed E-state index contributed by atoms with van der Waals surface area (Å²) in [7, 11) is -2.36. The van der Waals surface area contributed by atoms with Gasteiger partial charge in [0.05, 0.1) is 23.4 Å². The molecule has 0 aliphatic heterocycles. The number of rotatable bonds is 7. The van der Waals surface area contributed by atoms with Crippen LogP contribution in [-0.2, 0) is 22.7 Å². The topological polar surface area (TPSA) is 73.2 Å². The molecular formula is C24H19F4N3O3S. The van der Waals surface area contributed by atoms with Crippen LogP contribution in [0, 0.1) is 5.82 Å². The van der Waals surface area contributed by atoms with Crippen molar-refractivity contribution in [2.24, 2.45) is 0 Å². The van der Waals surface area contributed by atoms with Crippen LogP contribution in [0.4, 0.5) is 17.6 Å². The molecule has 4 rings (SSSR count). The van der Waals surface area contributed by atoms with Gasteiger partial charge in [0.15, 0.2) is 5.69 Å². The fraction of sp³-hybridized carbons (Fsp3) is 0.125. The number of hydrogen-bond acceptors (Lipinski definition) is 4. The van der Waals surface area contributed by atoms with Crippen LogP contribution in [0.25, 0.3) is 16.9 Å². The molecule has 0 unspecified atom stereocenters. The Morgan fingerprint density at radius 1 is 0.943 bits per heavy atom. The number of nitrogens with zero attached hydrogens (tertiary/aromatic N) is 2. The van der Waals surface area contributed by atoms with Crippen LogP contribution in [0.5, 0.6) is 5.75 Å². The van der Waals surface area contributed by atoms with Crippen molar-refractivity contribution in [1.82, 2.24) is 14.5 Å². The molecule has 0 spiro atoms. The second-order valence-corrected chi connectivity index (χ2v) is 9.26. The maximum Gasteiger partial charge on any atom is 0.435 e. The highest BCUT2D eigenvalue weighted by atomic mass is 32.2. The molecule has 6 nitrogen and oxygen atoms in total. The van der Waals surface area contributed by atoms with E-state index in [-0.39, 0.29) is 22.8 Å². The summed E-state index contributed by atoms with van der Waals surface area (Å²) in [4.78, 5) is -0.0568. The number of nitrogens with one attached hydrogen (secondary N) is 1. The van der Waals surface area contributed by atoms with Gasteiger partial charge in [0.25, 0.3) is 0 Å². The summed E-state index contributed by atoms with van der Waals surface area (Å²) in [5, 5.41) is 3.63. The first-order valence-corrected chi connectivity index (χ1v) is 11.7. The molecule has 182 valence electrons. The first-order chi connectivity index (χ1) is 16.6. The minimum absolute atomic E-state index is 0.0420. The van der Waals surface area contributed by atoms with Crippen LogP contribution in [0.2, 0.25) is 0 Å². The number of benzene rings is 3. The molecule has 0 bridgehead atoms. The lowest BCUT2D eigenvalue weighted by molar-refractivity contribution is -0.141. The number of aromatic nitrogens is 2. The van der Waals surface area contributed by atoms with Gasteiger partial charge in [-0.25, -0.2) is 22.2 Å². The molecule has 0 amide bonds. The van der Waals surface area contributed by atoms with Gasteiger partial charge in [0.1, 0.15) is 11.6 Å². The third-order valence-corrected chi connectivity index (χ3v) is 6.57. The average molecular weight is 505 g/mol. The van der Waals surface area contributed by atoms with Gasteiger partial charge in [-0.2, -0.15) is 18.3 Å². The Morgan fingerprint density at radius 3 is 2.14 bits per heavy atom. The van der Waals surface area contributed by atoms with Gasteiger partial charge < -0.3 is 4.74 Å². The molecule has 1 heterocycles. The smallest absolute Gasteiger partial charge is 0.435 e. The van der Waals surface area contributed by atoms with Crippen molar-refractivity contribution in [2.75, 3.05) is 7.11 Å². The fourth-order valence-corrected chi connectivity index (χ4v) is 4.33. The first-order valence-electron chi connectivity index (χ1n) is 10.2. The molecule has 0 radical (unpaired) electrons. The number of alkyl halides is 3. The van der Waals surface area contributed by atoms with Crippen LogP contribution in [0.3, 0.4) is 0 Å². The van der Waals surface area contributed by atoms with E-state index in [9.17, 15) is 26.0 Å². The Bertz CT molecular complexity index is 1420. The fourth-order valence-electron chi connectivity index (χ4n) is 3.31. The van der Waals surface area contributed by atoms with E-state index in [4.69, 9.17) is 4.74 Å². The molecule has 11 heteroatoms. The molecule has 3 aromatic carbocycles. The average Bonchev–Trinajstić information content (AvgIpc) is 3.30. The summed E-state index contributed by atoms with van der Waals surface area (Å²) < 4.78 is 87.3. The van der Waals surface area contributed by atoms with Crippen LogP contribution >= 0.6 is 0 Å². The van der Waals surface area contributed by atoms with Crippen molar-refractivity contribution in [3.05, 3.63) is 95.9 Å². The summed E-state index contributed by atoms with van der Waals surface area (Å²) in [6.45, 7) is 0.0420. The number of sulfonamides is 1. The zero-order chi connectivity index (χ0) is 25.2. The van der Waals surface area contributed by atoms with E-state index in [0.717, 1.165) is 22.9 Å². The zero-order valence-electron chi connectivity index (χ0n) is 18.3. The molecule has 4 aromatic rings. The molecule has 0 atom stereocenters. The van der Waals surface area contributed by atoms with E-state index in [1.807, 2.05) is 0 Å². The summed E-state index contributed by atoms with van der Waals surface area (Å²) in [5.74, 6) is 0.0935. The zero-order valence-corrected chi connectivity index (χ0v) is 19.1. The second-order valence-electron chi connectivity index (χ2n) is 7.50. The van der Waals surface area contributed by atoms with Crippen molar-refractivity contribution >= 4 is 10.0 Å². The molecule has 1 N–H and O–H groups in total. The summed E-state index contributed by atoms with van der Waals surface area (Å²) in [5.41, 5.74) is 0.170. The van der Waals surface area contributed by atoms with Gasteiger partial charge >= 0.3 is 6.18 Å². The predicted octanol–water partition coefficient (Wildman–Crippen LogP) is 5.18. The molecule has 0 saturated carbocycles. The van der Waals surface area contributed by atoms with E-state index in [2.05, 4.69) is 9.82 Å². The van der Waals surface area contributed by atoms with E-state index >= 15 is 0 Å². The summed E-state index contributed by atoms with van der Waals surface area (Å²) in [6.07, 6.45) is -4.70. The molecular weight excluding hydrogens is 486 g/mol. The van der Waals surface area contributed by atoms with Gasteiger partial charge in [0.2, 0.25) is 10.0 Å². The van der Waals surface area contributed by atoms with Gasteiger partial charge in [-0.15, -0.1) is 0 Å². The Morgan fingerprint density at radius 2 is 1.57 bits per heavy atom. The van der Waals surface area contributed by atoms with Crippen LogP contribution in [0.15, 0.2) is 83.8 Å². The summed E-state index contributed by atoms with van der Waals surface area (Å²) in [6, 6.07) is 17.9. The first kappa shape index (κ1) is 24.4. The number of methoxy groups -OCH3 is 1. The van der Waals surface area contributed by atoms with Crippen LogP contribution in [-0.4, -0.2) is 25.3 Å². The predicted molar refractivity (Wildman–Crippen MR) is 121 cm³/mol. The SMILES string of the molecule is COc1ccc(CNS(=O)(=O)c2ccc(-c3cc(C(F)(F)F)nn3-c3ccc(F)cc3)cc2)cc1. The standard InChI is InChI=1S/C24H19F4N3O3S/c1-34-20-10-2-16(3-11-20)15-29-35(32,33)21-12-4-17(5-13-21)22-14-23(24(26,27)28)30-31(22)19-8-6-18(25)7-9-19/h2-14,29H,15H2,1H3. The van der Waals surface area contributed by atoms with Crippen LogP contribution in [0.1, 0.15) is 11.3 Å². The lowest BCUT2D eigenvalue weighted by Gasteiger charge is -2.10. The van der Waals surface area contributed by atoms with Crippen molar-refractivity contribution in [3.8, 4) is 22.7 Å². The molecule has 0 saturated heterocycles. The summed E-state index contributed by atoms with van der Waals surface area (Å²) >= 11 is 0. The molecule has 0 aliphatic carbocycles. The maximum atomic E-state index is 13.3. The third kappa shape index (κ3) is 5.52. The van der Waals surface area contributed by atoms with E-state index in [1.54, 1.807) is 24.3 Å². The highest BCUT2D eigenvalue weighted by Crippen LogP contribution is 2.33. The highest BCUT2D eigenvalue weighted by molar-refractivity contribution is 7.89. The molecule has 0 aliphatic rings. The Balaban J connectivity index is 1.61. The minimum atomic E-state index is -4.70. The monoisotopic (exact) mass is 505 g/mol. The largest absolute Gasteiger partial charge is 0.497 e. The number of halogens is 4. The van der Waals surface area contributed by atoms with Crippen LogP contribution < -0.4 is 9.46 Å². The van der Waals surface area contributed by atoms with Crippen molar-refractivity contribution in [1.29, 1.82) is 0 Å². The van der Waals surface area contributed by atoms with E-state index < -0.39 is 27.7 Å². The number of hydrogen-bond donors (Lipinski definition) is 1. The molecule has 1 aromatic heterocycles. The van der Waals surface area contributed by atoms with Gasteiger partial charge in [-0.05, 0) is 60.2 Å². The van der Waals surface area contributed by atoms with Gasteiger partial charge in [0, 0.05) is 12.1 Å². The van der Waals surface area contributed by atoms with E-state index in [0.29, 0.717) is 16.9 Å². The van der Waals surface area contributed by atoms with Crippen molar-refractivity contribution < 1.29 is 30.7 Å². The normalized spacial score (nSPS) is 12.0. The lowest BCUT2D eigenvalue weighted by atomic mass is 10.1. The number of ether oxygens (including phenoxy) is 1. The Labute approximate surface area is 198 Å². The molecule has 35 heavy (non-hydrogen) atoms. The highest BCUT2D eigenvalue weighted by Gasteiger charge is 2.35. The Hall–Kier alpha value is -3.70. The minimum Gasteiger partial charge on any atom is -0.497 e. The quantitative estimate of drug-likeness (QED) is 0.351. The lowest BCUT2D eigenvalue weighted by Crippen LogP contribution is -2.23. The maximum absolute atomic E-state index is 13.3. The Kier molecular flexibility index (Phi) is 6.64. The third-order valence-electron chi connectivity index (χ3n) is 5.16. The molecule has 0 fully saturated rings.